The van der Waals surface area contributed by atoms with Crippen LogP contribution >= 0.6 is 11.3 Å². The first-order valence-electron chi connectivity index (χ1n) is 12.4. The zero-order chi connectivity index (χ0) is 24.2. The molecule has 7 heteroatoms. The van der Waals surface area contributed by atoms with Gasteiger partial charge in [0.2, 0.25) is 5.91 Å². The Bertz CT molecular complexity index is 1260. The molecule has 0 aliphatic heterocycles. The van der Waals surface area contributed by atoms with E-state index in [-0.39, 0.29) is 29.0 Å². The third-order valence-corrected chi connectivity index (χ3v) is 8.01. The minimum absolute atomic E-state index is 0.0626. The lowest BCUT2D eigenvalue weighted by molar-refractivity contribution is -0.135. The van der Waals surface area contributed by atoms with Gasteiger partial charge < -0.3 is 4.90 Å². The van der Waals surface area contributed by atoms with Crippen LogP contribution in [0.25, 0.3) is 10.2 Å². The molecule has 1 amide bonds. The van der Waals surface area contributed by atoms with Crippen molar-refractivity contribution in [1.82, 2.24) is 14.0 Å². The SMILES string of the molecule is CCCCN(C)C(=O)C1CCC(Cn2c(=O)c3sccc3n(Cc3cccc(C)c3)c2=O)CC1. The Kier molecular flexibility index (Phi) is 7.71. The summed E-state index contributed by atoms with van der Waals surface area (Å²) in [5.41, 5.74) is 2.48. The molecule has 6 nitrogen and oxygen atoms in total. The van der Waals surface area contributed by atoms with E-state index in [1.54, 1.807) is 4.57 Å². The molecule has 0 unspecified atom stereocenters. The predicted molar refractivity (Wildman–Crippen MR) is 139 cm³/mol. The Morgan fingerprint density at radius 2 is 1.88 bits per heavy atom. The number of thiophene rings is 1. The Morgan fingerprint density at radius 3 is 2.59 bits per heavy atom. The summed E-state index contributed by atoms with van der Waals surface area (Å²) in [5.74, 6) is 0.539. The molecule has 0 bridgehead atoms. The lowest BCUT2D eigenvalue weighted by Gasteiger charge is -2.30. The van der Waals surface area contributed by atoms with E-state index in [0.29, 0.717) is 23.3 Å². The zero-order valence-corrected chi connectivity index (χ0v) is 21.3. The molecule has 2 aromatic heterocycles. The van der Waals surface area contributed by atoms with Crippen molar-refractivity contribution in [1.29, 1.82) is 0 Å². The van der Waals surface area contributed by atoms with E-state index in [4.69, 9.17) is 0 Å². The molecule has 1 aliphatic rings. The first kappa shape index (κ1) is 24.5. The van der Waals surface area contributed by atoms with Gasteiger partial charge in [0.05, 0.1) is 12.1 Å². The van der Waals surface area contributed by atoms with E-state index in [1.807, 2.05) is 48.5 Å². The molecule has 1 saturated carbocycles. The highest BCUT2D eigenvalue weighted by molar-refractivity contribution is 7.17. The van der Waals surface area contributed by atoms with E-state index in [2.05, 4.69) is 13.0 Å². The Balaban J connectivity index is 1.52. The van der Waals surface area contributed by atoms with Gasteiger partial charge in [-0.05, 0) is 62.0 Å². The number of aromatic nitrogens is 2. The number of carbonyl (C=O) groups excluding carboxylic acids is 1. The lowest BCUT2D eigenvalue weighted by Crippen LogP contribution is -2.42. The Morgan fingerprint density at radius 1 is 1.12 bits per heavy atom. The lowest BCUT2D eigenvalue weighted by atomic mass is 9.81. The van der Waals surface area contributed by atoms with Gasteiger partial charge in [-0.25, -0.2) is 4.79 Å². The molecule has 0 spiro atoms. The van der Waals surface area contributed by atoms with Crippen LogP contribution in [0.5, 0.6) is 0 Å². The molecule has 1 fully saturated rings. The van der Waals surface area contributed by atoms with Gasteiger partial charge in [0.25, 0.3) is 5.56 Å². The van der Waals surface area contributed by atoms with Crippen molar-refractivity contribution in [2.24, 2.45) is 11.8 Å². The van der Waals surface area contributed by atoms with E-state index in [9.17, 15) is 14.4 Å². The number of unbranched alkanes of at least 4 members (excludes halogenated alkanes) is 1. The molecule has 0 N–H and O–H groups in total. The minimum Gasteiger partial charge on any atom is -0.346 e. The number of rotatable bonds is 8. The fraction of sp³-hybridized carbons (Fsp3) is 0.519. The van der Waals surface area contributed by atoms with Crippen LogP contribution in [-0.4, -0.2) is 33.5 Å². The first-order chi connectivity index (χ1) is 16.4. The van der Waals surface area contributed by atoms with Gasteiger partial charge in [-0.1, -0.05) is 43.2 Å². The fourth-order valence-corrected chi connectivity index (χ4v) is 5.95. The van der Waals surface area contributed by atoms with Gasteiger partial charge in [0.1, 0.15) is 4.70 Å². The van der Waals surface area contributed by atoms with Crippen molar-refractivity contribution >= 4 is 27.5 Å². The second kappa shape index (κ2) is 10.7. The van der Waals surface area contributed by atoms with Gasteiger partial charge in [-0.2, -0.15) is 0 Å². The van der Waals surface area contributed by atoms with Crippen LogP contribution in [0.4, 0.5) is 0 Å². The zero-order valence-electron chi connectivity index (χ0n) is 20.5. The second-order valence-corrected chi connectivity index (χ2v) is 10.7. The molecular weight excluding hydrogens is 446 g/mol. The van der Waals surface area contributed by atoms with Crippen LogP contribution < -0.4 is 11.2 Å². The number of amides is 1. The van der Waals surface area contributed by atoms with Crippen LogP contribution in [0.2, 0.25) is 0 Å². The molecule has 1 aliphatic carbocycles. The molecule has 34 heavy (non-hydrogen) atoms. The molecule has 0 saturated heterocycles. The standard InChI is InChI=1S/C27H35N3O3S/c1-4-5-14-28(3)25(31)22-11-9-20(10-12-22)17-30-26(32)24-23(13-15-34-24)29(27(30)33)18-21-8-6-7-19(2)16-21/h6-8,13,15-16,20,22H,4-5,9-12,14,17-18H2,1-3H3. The van der Waals surface area contributed by atoms with Crippen molar-refractivity contribution in [3.63, 3.8) is 0 Å². The molecule has 4 rings (SSSR count). The largest absolute Gasteiger partial charge is 0.346 e. The first-order valence-corrected chi connectivity index (χ1v) is 13.3. The fourth-order valence-electron chi connectivity index (χ4n) is 5.11. The molecular formula is C27H35N3O3S. The van der Waals surface area contributed by atoms with Crippen LogP contribution in [0.15, 0.2) is 45.3 Å². The van der Waals surface area contributed by atoms with E-state index in [1.165, 1.54) is 15.9 Å². The van der Waals surface area contributed by atoms with Crippen molar-refractivity contribution < 1.29 is 4.79 Å². The summed E-state index contributed by atoms with van der Waals surface area (Å²) in [6.07, 6.45) is 5.49. The summed E-state index contributed by atoms with van der Waals surface area (Å²) >= 11 is 1.40. The number of carbonyl (C=O) groups is 1. The molecule has 2 heterocycles. The molecule has 3 aromatic rings. The van der Waals surface area contributed by atoms with Gasteiger partial charge >= 0.3 is 5.69 Å². The predicted octanol–water partition coefficient (Wildman–Crippen LogP) is 4.65. The van der Waals surface area contributed by atoms with Crippen molar-refractivity contribution in [2.75, 3.05) is 13.6 Å². The quantitative estimate of drug-likeness (QED) is 0.471. The average molecular weight is 482 g/mol. The highest BCUT2D eigenvalue weighted by atomic mass is 32.1. The van der Waals surface area contributed by atoms with Gasteiger partial charge in [-0.3, -0.25) is 18.7 Å². The number of fused-ring (bicyclic) bond motifs is 1. The third-order valence-electron chi connectivity index (χ3n) is 7.12. The van der Waals surface area contributed by atoms with Crippen LogP contribution in [0.1, 0.15) is 56.6 Å². The summed E-state index contributed by atoms with van der Waals surface area (Å²) in [6.45, 7) is 5.85. The average Bonchev–Trinajstić information content (AvgIpc) is 3.33. The van der Waals surface area contributed by atoms with Crippen molar-refractivity contribution in [3.05, 3.63) is 67.7 Å². The summed E-state index contributed by atoms with van der Waals surface area (Å²) in [4.78, 5) is 41.3. The highest BCUT2D eigenvalue weighted by Crippen LogP contribution is 2.31. The maximum absolute atomic E-state index is 13.5. The normalized spacial score (nSPS) is 18.3. The van der Waals surface area contributed by atoms with Crippen molar-refractivity contribution in [2.45, 2.75) is 65.5 Å². The number of hydrogen-bond acceptors (Lipinski definition) is 4. The van der Waals surface area contributed by atoms with E-state index >= 15 is 0 Å². The molecule has 0 radical (unpaired) electrons. The van der Waals surface area contributed by atoms with Crippen molar-refractivity contribution in [3.8, 4) is 0 Å². The summed E-state index contributed by atoms with van der Waals surface area (Å²) in [5, 5.41) is 1.88. The molecule has 182 valence electrons. The summed E-state index contributed by atoms with van der Waals surface area (Å²) in [6, 6.07) is 10.00. The smallest absolute Gasteiger partial charge is 0.331 e. The molecule has 1 aromatic carbocycles. The molecule has 0 atom stereocenters. The number of aryl methyl sites for hydroxylation is 1. The monoisotopic (exact) mass is 481 g/mol. The Hall–Kier alpha value is -2.67. The maximum Gasteiger partial charge on any atom is 0.331 e. The van der Waals surface area contributed by atoms with Gasteiger partial charge in [0, 0.05) is 26.1 Å². The van der Waals surface area contributed by atoms with Gasteiger partial charge in [-0.15, -0.1) is 11.3 Å². The Labute approximate surface area is 204 Å². The maximum atomic E-state index is 13.5. The number of nitrogens with zero attached hydrogens (tertiary/aromatic N) is 3. The number of benzene rings is 1. The summed E-state index contributed by atoms with van der Waals surface area (Å²) in [7, 11) is 1.90. The van der Waals surface area contributed by atoms with E-state index < -0.39 is 0 Å². The third kappa shape index (κ3) is 5.19. The minimum atomic E-state index is -0.241. The summed E-state index contributed by atoms with van der Waals surface area (Å²) < 4.78 is 3.81. The second-order valence-electron chi connectivity index (χ2n) is 9.74. The highest BCUT2D eigenvalue weighted by Gasteiger charge is 2.29. The number of hydrogen-bond donors (Lipinski definition) is 0. The van der Waals surface area contributed by atoms with Crippen LogP contribution in [-0.2, 0) is 17.9 Å². The van der Waals surface area contributed by atoms with Crippen LogP contribution in [0.3, 0.4) is 0 Å². The van der Waals surface area contributed by atoms with Crippen LogP contribution in [0, 0.1) is 18.8 Å². The van der Waals surface area contributed by atoms with Gasteiger partial charge in [0.15, 0.2) is 0 Å². The van der Waals surface area contributed by atoms with E-state index in [0.717, 1.165) is 56.2 Å². The topological polar surface area (TPSA) is 64.3 Å².